The number of hydrogen-bond acceptors (Lipinski definition) is 8. The fraction of sp³-hybridized carbons (Fsp3) is 0.367. The van der Waals surface area contributed by atoms with Crippen molar-refractivity contribution in [1.29, 1.82) is 0 Å². The summed E-state index contributed by atoms with van der Waals surface area (Å²) in [7, 11) is 0. The maximum absolute atomic E-state index is 14.8. The first-order chi connectivity index (χ1) is 31.9. The second-order valence-corrected chi connectivity index (χ2v) is 17.5. The van der Waals surface area contributed by atoms with Crippen LogP contribution in [-0.4, -0.2) is 104 Å². The fourth-order valence-corrected chi connectivity index (χ4v) is 10.0. The number of rotatable bonds is 16. The summed E-state index contributed by atoms with van der Waals surface area (Å²) >= 11 is 0. The highest BCUT2D eigenvalue weighted by atomic mass is 16.2. The van der Waals surface area contributed by atoms with E-state index in [0.29, 0.717) is 62.4 Å². The first kappa shape index (κ1) is 45.3. The number of hydrogen-bond donors (Lipinski definition) is 4. The van der Waals surface area contributed by atoms with E-state index in [9.17, 15) is 28.8 Å². The van der Waals surface area contributed by atoms with Crippen molar-refractivity contribution in [3.8, 4) is 11.4 Å². The van der Waals surface area contributed by atoms with Gasteiger partial charge in [0, 0.05) is 63.4 Å². The van der Waals surface area contributed by atoms with E-state index in [1.165, 1.54) is 14.3 Å². The Balaban J connectivity index is 1.02. The Kier molecular flexibility index (Phi) is 13.6. The van der Waals surface area contributed by atoms with Crippen molar-refractivity contribution in [3.63, 3.8) is 0 Å². The normalized spacial score (nSPS) is 17.2. The van der Waals surface area contributed by atoms with Gasteiger partial charge in [0.05, 0.1) is 24.0 Å². The van der Waals surface area contributed by atoms with Crippen LogP contribution in [0.1, 0.15) is 78.9 Å². The molecule has 4 aromatic carbocycles. The second-order valence-electron chi connectivity index (χ2n) is 17.5. The van der Waals surface area contributed by atoms with Gasteiger partial charge in [-0.1, -0.05) is 85.6 Å². The van der Waals surface area contributed by atoms with E-state index in [2.05, 4.69) is 15.2 Å². The largest absolute Gasteiger partial charge is 0.370 e. The van der Waals surface area contributed by atoms with Crippen molar-refractivity contribution in [2.75, 3.05) is 44.6 Å². The molecule has 0 bridgehead atoms. The van der Waals surface area contributed by atoms with Crippen LogP contribution < -0.4 is 33.9 Å². The lowest BCUT2D eigenvalue weighted by Gasteiger charge is -2.41. The predicted molar refractivity (Wildman–Crippen MR) is 251 cm³/mol. The number of guanidine groups is 1. The zero-order valence-electron chi connectivity index (χ0n) is 37.0. The van der Waals surface area contributed by atoms with Gasteiger partial charge in [-0.3, -0.25) is 29.1 Å². The minimum Gasteiger partial charge on any atom is -0.370 e. The Morgan fingerprint density at radius 1 is 0.727 bits per heavy atom. The van der Waals surface area contributed by atoms with E-state index in [1.54, 1.807) is 48.5 Å². The lowest BCUT2D eigenvalue weighted by Crippen LogP contribution is -2.52. The Morgan fingerprint density at radius 2 is 1.30 bits per heavy atom. The van der Waals surface area contributed by atoms with Gasteiger partial charge in [0.15, 0.2) is 5.96 Å². The van der Waals surface area contributed by atoms with E-state index in [-0.39, 0.29) is 62.7 Å². The van der Waals surface area contributed by atoms with Gasteiger partial charge in [-0.25, -0.2) is 14.2 Å². The number of nitrogens with two attached hydrogens (primary N) is 3. The molecule has 2 aliphatic heterocycles. The second kappa shape index (κ2) is 19.9. The maximum atomic E-state index is 14.8. The zero-order valence-corrected chi connectivity index (χ0v) is 37.0. The van der Waals surface area contributed by atoms with Crippen LogP contribution in [-0.2, 0) is 20.9 Å². The molecule has 3 aliphatic rings. The first-order valence-electron chi connectivity index (χ1n) is 22.7. The highest BCUT2D eigenvalue weighted by Gasteiger charge is 2.42. The molecule has 17 heteroatoms. The van der Waals surface area contributed by atoms with Gasteiger partial charge in [-0.15, -0.1) is 0 Å². The van der Waals surface area contributed by atoms with Gasteiger partial charge in [-0.2, -0.15) is 9.36 Å². The fourth-order valence-electron chi connectivity index (χ4n) is 10.0. The summed E-state index contributed by atoms with van der Waals surface area (Å²) < 4.78 is 3.64. The van der Waals surface area contributed by atoms with Gasteiger partial charge in [0.1, 0.15) is 6.04 Å². The van der Waals surface area contributed by atoms with Crippen LogP contribution in [0.2, 0.25) is 0 Å². The number of aliphatic imine (C=N–C) groups is 1. The zero-order chi connectivity index (χ0) is 46.4. The highest BCUT2D eigenvalue weighted by Crippen LogP contribution is 2.45. The number of aromatic nitrogens is 3. The smallest absolute Gasteiger partial charge is 0.352 e. The molecule has 4 amide bonds. The van der Waals surface area contributed by atoms with E-state index >= 15 is 0 Å². The Bertz CT molecular complexity index is 2640. The van der Waals surface area contributed by atoms with Gasteiger partial charge < -0.3 is 32.3 Å². The van der Waals surface area contributed by atoms with Gasteiger partial charge in [0.25, 0.3) is 5.91 Å². The SMILES string of the molecule is NC(=O)[C@@H](CCCN=C(N)N)N(CCn1c(=O)n(-c2ccccc2)n(-c2ccccc2)c1=O)C(=O)CC1(CC(=O)N2CCN([C@H]3c4ccccc4NC(=O)c4ccccc43)CC2)CCCC1. The molecule has 0 spiro atoms. The van der Waals surface area contributed by atoms with Gasteiger partial charge in [-0.05, 0) is 78.6 Å². The van der Waals surface area contributed by atoms with Crippen molar-refractivity contribution in [2.45, 2.75) is 70.0 Å². The summed E-state index contributed by atoms with van der Waals surface area (Å²) in [4.78, 5) is 93.8. The van der Waals surface area contributed by atoms with Crippen molar-refractivity contribution in [2.24, 2.45) is 27.6 Å². The van der Waals surface area contributed by atoms with E-state index in [4.69, 9.17) is 17.2 Å². The van der Waals surface area contributed by atoms with Crippen molar-refractivity contribution in [1.82, 2.24) is 28.6 Å². The minimum absolute atomic E-state index is 0.0266. The molecular weight excluding hydrogens is 839 g/mol. The predicted octanol–water partition coefficient (Wildman–Crippen LogP) is 3.37. The molecule has 2 fully saturated rings. The highest BCUT2D eigenvalue weighted by molar-refractivity contribution is 6.07. The number of para-hydroxylation sites is 3. The van der Waals surface area contributed by atoms with Crippen LogP contribution in [0.5, 0.6) is 0 Å². The van der Waals surface area contributed by atoms with E-state index in [1.807, 2.05) is 65.6 Å². The standard InChI is InChI=1S/C49H57N11O6/c50-44(63)40(22-13-25-53-46(51)52)57(30-31-58-47(65)59(34-14-3-1-4-15-34)60(48(58)66)35-16-5-2-6-17-35)42(62)33-49(23-11-12-24-49)32-41(61)55-26-28-56(29-27-55)43-36-18-7-8-19-37(36)45(64)54-39-21-10-9-20-38(39)43/h1-10,14-21,40,43H,11-13,22-33H2,(H2,50,63)(H,54,64)(H4,51,52,53)/t40-,43-/m1/s1. The molecular formula is C49H57N11O6. The van der Waals surface area contributed by atoms with E-state index in [0.717, 1.165) is 34.2 Å². The molecule has 3 heterocycles. The Morgan fingerprint density at radius 3 is 1.91 bits per heavy atom. The number of fused-ring (bicyclic) bond motifs is 2. The van der Waals surface area contributed by atoms with Crippen LogP contribution in [0, 0.1) is 5.41 Å². The van der Waals surface area contributed by atoms with Crippen LogP contribution in [0.3, 0.4) is 0 Å². The Labute approximate surface area is 382 Å². The van der Waals surface area contributed by atoms with Crippen LogP contribution >= 0.6 is 0 Å². The minimum atomic E-state index is -1.11. The average Bonchev–Trinajstić information content (AvgIpc) is 3.84. The number of nitrogens with one attached hydrogen (secondary N) is 1. The summed E-state index contributed by atoms with van der Waals surface area (Å²) in [5, 5.41) is 3.08. The molecule has 7 N–H and O–H groups in total. The lowest BCUT2D eigenvalue weighted by atomic mass is 9.78. The molecule has 2 atom stereocenters. The molecule has 0 unspecified atom stereocenters. The summed E-state index contributed by atoms with van der Waals surface area (Å²) in [6, 6.07) is 31.7. The van der Waals surface area contributed by atoms with Crippen LogP contribution in [0.4, 0.5) is 5.69 Å². The quantitative estimate of drug-likeness (QED) is 0.0646. The molecule has 66 heavy (non-hydrogen) atoms. The third-order valence-corrected chi connectivity index (χ3v) is 13.3. The first-order valence-corrected chi connectivity index (χ1v) is 22.7. The number of carbonyl (C=O) groups excluding carboxylic acids is 4. The molecule has 8 rings (SSSR count). The number of primary amides is 1. The third-order valence-electron chi connectivity index (χ3n) is 13.3. The maximum Gasteiger partial charge on any atom is 0.352 e. The Hall–Kier alpha value is -7.27. The molecule has 1 saturated carbocycles. The van der Waals surface area contributed by atoms with Crippen LogP contribution in [0.15, 0.2) is 124 Å². The molecule has 1 saturated heterocycles. The lowest BCUT2D eigenvalue weighted by molar-refractivity contribution is -0.143. The number of carbonyl (C=O) groups is 4. The molecule has 344 valence electrons. The number of anilines is 1. The van der Waals surface area contributed by atoms with Crippen molar-refractivity contribution in [3.05, 3.63) is 147 Å². The van der Waals surface area contributed by atoms with Crippen molar-refractivity contribution >= 4 is 35.3 Å². The van der Waals surface area contributed by atoms with Gasteiger partial charge >= 0.3 is 11.4 Å². The van der Waals surface area contributed by atoms with Crippen molar-refractivity contribution < 1.29 is 19.2 Å². The summed E-state index contributed by atoms with van der Waals surface area (Å²) in [5.41, 5.74) is 19.5. The monoisotopic (exact) mass is 895 g/mol. The number of piperazine rings is 1. The average molecular weight is 896 g/mol. The topological polar surface area (TPSA) is 229 Å². The molecule has 1 aliphatic carbocycles. The molecule has 1 aromatic heterocycles. The summed E-state index contributed by atoms with van der Waals surface area (Å²) in [6.45, 7) is 1.86. The van der Waals surface area contributed by atoms with Gasteiger partial charge in [0.2, 0.25) is 17.7 Å². The van der Waals surface area contributed by atoms with Crippen LogP contribution in [0.25, 0.3) is 11.4 Å². The van der Waals surface area contributed by atoms with E-state index < -0.39 is 34.7 Å². The number of nitrogens with zero attached hydrogens (tertiary/aromatic N) is 7. The number of amides is 4. The molecule has 17 nitrogen and oxygen atoms in total. The molecule has 0 radical (unpaired) electrons. The third kappa shape index (κ3) is 9.56. The summed E-state index contributed by atoms with van der Waals surface area (Å²) in [6.07, 6.45) is 3.52. The summed E-state index contributed by atoms with van der Waals surface area (Å²) in [5.74, 6) is -1.46. The molecule has 5 aromatic rings. The number of benzene rings is 4.